The molecule has 2 nitrogen and oxygen atoms in total. The fourth-order valence-corrected chi connectivity index (χ4v) is 7.01. The van der Waals surface area contributed by atoms with Crippen molar-refractivity contribution in [3.63, 3.8) is 0 Å². The van der Waals surface area contributed by atoms with E-state index in [1.54, 1.807) is 0 Å². The van der Waals surface area contributed by atoms with E-state index in [4.69, 9.17) is 0 Å². The van der Waals surface area contributed by atoms with Crippen LogP contribution in [-0.2, 0) is 5.41 Å². The average molecular weight is 715 g/mol. The topological polar surface area (TPSA) is 6.48 Å². The normalized spacial score (nSPS) is 12.8. The molecule has 0 aliphatic heterocycles. The summed E-state index contributed by atoms with van der Waals surface area (Å²) < 4.78 is 2.13. The van der Waals surface area contributed by atoms with Gasteiger partial charge < -0.3 is 9.80 Å². The van der Waals surface area contributed by atoms with Crippen LogP contribution >= 0.6 is 31.9 Å². The Morgan fingerprint density at radius 3 is 1.02 bits per heavy atom. The summed E-state index contributed by atoms with van der Waals surface area (Å²) in [6.07, 6.45) is 0. The van der Waals surface area contributed by atoms with Crippen LogP contribution in [0.2, 0.25) is 0 Å². The summed E-state index contributed by atoms with van der Waals surface area (Å²) in [5.74, 6) is 0. The zero-order valence-corrected chi connectivity index (χ0v) is 29.0. The predicted octanol–water partition coefficient (Wildman–Crippen LogP) is 13.1. The van der Waals surface area contributed by atoms with Crippen LogP contribution in [-0.4, -0.2) is 0 Å². The third kappa shape index (κ3) is 5.51. The van der Waals surface area contributed by atoms with Crippen LogP contribution in [0.3, 0.4) is 0 Å². The molecule has 0 fully saturated rings. The van der Waals surface area contributed by atoms with Gasteiger partial charge in [0, 0.05) is 48.5 Å². The van der Waals surface area contributed by atoms with E-state index in [9.17, 15) is 0 Å². The number of rotatable bonds is 6. The van der Waals surface area contributed by atoms with Gasteiger partial charge in [0.15, 0.2) is 0 Å². The number of anilines is 6. The summed E-state index contributed by atoms with van der Waals surface area (Å²) in [5, 5.41) is 0. The van der Waals surface area contributed by atoms with Gasteiger partial charge in [-0.15, -0.1) is 0 Å². The summed E-state index contributed by atoms with van der Waals surface area (Å²) in [4.78, 5) is 4.70. The Bertz CT molecular complexity index is 1760. The van der Waals surface area contributed by atoms with Crippen molar-refractivity contribution in [3.8, 4) is 11.1 Å². The number of hydrogen-bond acceptors (Lipinski definition) is 2. The van der Waals surface area contributed by atoms with Gasteiger partial charge in [0.25, 0.3) is 0 Å². The molecule has 45 heavy (non-hydrogen) atoms. The molecule has 0 bridgehead atoms. The quantitative estimate of drug-likeness (QED) is 0.169. The Balaban J connectivity index is 1.39. The van der Waals surface area contributed by atoms with Crippen LogP contribution in [0.1, 0.15) is 36.1 Å². The molecule has 0 aromatic heterocycles. The average Bonchev–Trinajstić information content (AvgIpc) is 3.26. The van der Waals surface area contributed by atoms with Crippen molar-refractivity contribution in [2.45, 2.75) is 33.1 Å². The van der Waals surface area contributed by atoms with E-state index >= 15 is 0 Å². The molecule has 6 aromatic rings. The van der Waals surface area contributed by atoms with Crippen molar-refractivity contribution in [2.75, 3.05) is 9.80 Å². The first-order valence-corrected chi connectivity index (χ1v) is 16.8. The second kappa shape index (κ2) is 11.7. The van der Waals surface area contributed by atoms with E-state index in [2.05, 4.69) is 203 Å². The largest absolute Gasteiger partial charge is 0.310 e. The summed E-state index contributed by atoms with van der Waals surface area (Å²) in [6, 6.07) is 48.6. The molecule has 1 aliphatic rings. The summed E-state index contributed by atoms with van der Waals surface area (Å²) in [5.41, 5.74) is 14.4. The molecule has 0 saturated heterocycles. The van der Waals surface area contributed by atoms with E-state index in [0.717, 1.165) is 43.1 Å². The Kier molecular flexibility index (Phi) is 7.67. The maximum Gasteiger partial charge on any atom is 0.0468 e. The first-order valence-electron chi connectivity index (χ1n) is 15.2. The van der Waals surface area contributed by atoms with E-state index < -0.39 is 0 Å². The summed E-state index contributed by atoms with van der Waals surface area (Å²) in [6.45, 7) is 8.95. The zero-order valence-electron chi connectivity index (χ0n) is 25.9. The van der Waals surface area contributed by atoms with Crippen molar-refractivity contribution in [2.24, 2.45) is 0 Å². The molecule has 6 aromatic carbocycles. The van der Waals surface area contributed by atoms with E-state index in [0.29, 0.717) is 0 Å². The van der Waals surface area contributed by atoms with Crippen LogP contribution in [0, 0.1) is 13.8 Å². The molecule has 0 radical (unpaired) electrons. The lowest BCUT2D eigenvalue weighted by Gasteiger charge is -2.27. The first-order chi connectivity index (χ1) is 21.7. The molecule has 0 atom stereocenters. The maximum atomic E-state index is 3.62. The second-order valence-electron chi connectivity index (χ2n) is 12.4. The molecule has 0 N–H and O–H groups in total. The lowest BCUT2D eigenvalue weighted by molar-refractivity contribution is 0.660. The molecule has 4 heteroatoms. The molecule has 0 heterocycles. The standard InChI is InChI=1S/C41H34Br2N2/c1-27-5-13-31(14-6-27)44(33-17-9-29(42)10-18-33)35-21-23-39-37(25-35)38-26-36(22-24-40(38)41(39,3)4)45(32-15-7-28(2)8-16-32)34-19-11-30(43)12-20-34/h5-26H,1-4H3. The van der Waals surface area contributed by atoms with Gasteiger partial charge in [0.1, 0.15) is 0 Å². The highest BCUT2D eigenvalue weighted by molar-refractivity contribution is 9.10. The lowest BCUT2D eigenvalue weighted by atomic mass is 9.82. The van der Waals surface area contributed by atoms with Gasteiger partial charge in [0.2, 0.25) is 0 Å². The molecular formula is C41H34Br2N2. The monoisotopic (exact) mass is 712 g/mol. The van der Waals surface area contributed by atoms with Crippen LogP contribution < -0.4 is 9.80 Å². The number of benzene rings is 6. The smallest absolute Gasteiger partial charge is 0.0468 e. The Morgan fingerprint density at radius 2 is 0.689 bits per heavy atom. The minimum Gasteiger partial charge on any atom is -0.310 e. The van der Waals surface area contributed by atoms with Gasteiger partial charge in [-0.1, -0.05) is 93.2 Å². The minimum atomic E-state index is -0.111. The number of hydrogen-bond donors (Lipinski definition) is 0. The second-order valence-corrected chi connectivity index (χ2v) is 14.2. The third-order valence-electron chi connectivity index (χ3n) is 8.91. The van der Waals surface area contributed by atoms with Crippen molar-refractivity contribution in [1.82, 2.24) is 0 Å². The van der Waals surface area contributed by atoms with Gasteiger partial charge in [-0.3, -0.25) is 0 Å². The molecule has 0 spiro atoms. The highest BCUT2D eigenvalue weighted by atomic mass is 79.9. The molecule has 7 rings (SSSR count). The summed E-state index contributed by atoms with van der Waals surface area (Å²) >= 11 is 7.24. The lowest BCUT2D eigenvalue weighted by Crippen LogP contribution is -2.16. The van der Waals surface area contributed by atoms with Crippen molar-refractivity contribution in [3.05, 3.63) is 165 Å². The molecule has 222 valence electrons. The SMILES string of the molecule is Cc1ccc(N(c2ccc(Br)cc2)c2ccc3c(c2)-c2cc(N(c4ccc(C)cc4)c4ccc(Br)cc4)ccc2C3(C)C)cc1. The maximum absolute atomic E-state index is 3.62. The van der Waals surface area contributed by atoms with Crippen LogP contribution in [0.15, 0.2) is 142 Å². The fraction of sp³-hybridized carbons (Fsp3) is 0.122. The van der Waals surface area contributed by atoms with Crippen LogP contribution in [0.25, 0.3) is 11.1 Å². The first kappa shape index (κ1) is 29.6. The van der Waals surface area contributed by atoms with E-state index in [-0.39, 0.29) is 5.41 Å². The molecule has 0 unspecified atom stereocenters. The Labute approximate surface area is 283 Å². The van der Waals surface area contributed by atoms with Crippen LogP contribution in [0.5, 0.6) is 0 Å². The van der Waals surface area contributed by atoms with Crippen molar-refractivity contribution < 1.29 is 0 Å². The van der Waals surface area contributed by atoms with Gasteiger partial charge in [-0.05, 0) is 133 Å². The zero-order chi connectivity index (χ0) is 31.3. The molecule has 0 saturated carbocycles. The number of nitrogens with zero attached hydrogens (tertiary/aromatic N) is 2. The van der Waals surface area contributed by atoms with E-state index in [1.165, 1.54) is 33.4 Å². The fourth-order valence-electron chi connectivity index (χ4n) is 6.49. The number of aryl methyl sites for hydroxylation is 2. The highest BCUT2D eigenvalue weighted by Crippen LogP contribution is 2.52. The molecular weight excluding hydrogens is 680 g/mol. The Morgan fingerprint density at radius 1 is 0.400 bits per heavy atom. The number of fused-ring (bicyclic) bond motifs is 3. The predicted molar refractivity (Wildman–Crippen MR) is 198 cm³/mol. The van der Waals surface area contributed by atoms with Crippen LogP contribution in [0.4, 0.5) is 34.1 Å². The summed E-state index contributed by atoms with van der Waals surface area (Å²) in [7, 11) is 0. The van der Waals surface area contributed by atoms with Crippen molar-refractivity contribution >= 4 is 66.0 Å². The highest BCUT2D eigenvalue weighted by Gasteiger charge is 2.36. The van der Waals surface area contributed by atoms with Gasteiger partial charge in [0.05, 0.1) is 0 Å². The van der Waals surface area contributed by atoms with Gasteiger partial charge >= 0.3 is 0 Å². The Hall–Kier alpha value is -4.12. The molecule has 1 aliphatic carbocycles. The number of halogens is 2. The van der Waals surface area contributed by atoms with Gasteiger partial charge in [-0.2, -0.15) is 0 Å². The van der Waals surface area contributed by atoms with Crippen molar-refractivity contribution in [1.29, 1.82) is 0 Å². The minimum absolute atomic E-state index is 0.111. The van der Waals surface area contributed by atoms with Gasteiger partial charge in [-0.25, -0.2) is 0 Å². The molecule has 0 amide bonds. The third-order valence-corrected chi connectivity index (χ3v) is 9.97. The van der Waals surface area contributed by atoms with E-state index in [1.807, 2.05) is 0 Å².